The molecule has 1 atom stereocenters. The van der Waals surface area contributed by atoms with Gasteiger partial charge >= 0.3 is 0 Å². The van der Waals surface area contributed by atoms with Crippen molar-refractivity contribution in [3.05, 3.63) is 23.8 Å². The van der Waals surface area contributed by atoms with E-state index in [0.29, 0.717) is 17.9 Å². The van der Waals surface area contributed by atoms with E-state index >= 15 is 0 Å². The van der Waals surface area contributed by atoms with Gasteiger partial charge in [0.05, 0.1) is 17.4 Å². The molecule has 0 bridgehead atoms. The van der Waals surface area contributed by atoms with Gasteiger partial charge in [0, 0.05) is 12.3 Å². The minimum absolute atomic E-state index is 0.0208. The maximum Gasteiger partial charge on any atom is 0.238 e. The van der Waals surface area contributed by atoms with Crippen LogP contribution < -0.4 is 10.5 Å². The molecule has 1 unspecified atom stereocenters. The van der Waals surface area contributed by atoms with Crippen LogP contribution in [0.4, 0.5) is 5.69 Å². The molecule has 1 amide bonds. The summed E-state index contributed by atoms with van der Waals surface area (Å²) >= 11 is 0. The fourth-order valence-corrected chi connectivity index (χ4v) is 3.08. The van der Waals surface area contributed by atoms with Crippen molar-refractivity contribution in [1.82, 2.24) is 0 Å². The summed E-state index contributed by atoms with van der Waals surface area (Å²) in [5, 5.41) is 7.84. The van der Waals surface area contributed by atoms with Gasteiger partial charge in [-0.05, 0) is 37.5 Å². The van der Waals surface area contributed by atoms with Gasteiger partial charge in [0.2, 0.25) is 15.9 Å². The van der Waals surface area contributed by atoms with E-state index < -0.39 is 10.0 Å². The van der Waals surface area contributed by atoms with Gasteiger partial charge in [0.1, 0.15) is 0 Å². The second kappa shape index (κ2) is 5.90. The van der Waals surface area contributed by atoms with Gasteiger partial charge < -0.3 is 10.1 Å². The van der Waals surface area contributed by atoms with Crippen molar-refractivity contribution >= 4 is 21.6 Å². The lowest BCUT2D eigenvalue weighted by atomic mass is 10.1. The lowest BCUT2D eigenvalue weighted by molar-refractivity contribution is -0.118. The summed E-state index contributed by atoms with van der Waals surface area (Å²) in [6, 6.07) is 4.62. The number of carbonyl (C=O) groups excluding carboxylic acids is 1. The Balaban J connectivity index is 2.11. The number of carbonyl (C=O) groups is 1. The van der Waals surface area contributed by atoms with E-state index in [1.54, 1.807) is 19.1 Å². The van der Waals surface area contributed by atoms with Crippen molar-refractivity contribution in [3.8, 4) is 0 Å². The highest BCUT2D eigenvalue weighted by molar-refractivity contribution is 7.89. The van der Waals surface area contributed by atoms with Gasteiger partial charge in [-0.2, -0.15) is 0 Å². The molecule has 1 aromatic rings. The van der Waals surface area contributed by atoms with E-state index in [1.807, 2.05) is 0 Å². The molecule has 0 spiro atoms. The zero-order chi connectivity index (χ0) is 14.8. The molecule has 20 heavy (non-hydrogen) atoms. The highest BCUT2D eigenvalue weighted by atomic mass is 32.2. The molecule has 1 heterocycles. The van der Waals surface area contributed by atoms with E-state index in [9.17, 15) is 13.2 Å². The maximum absolute atomic E-state index is 11.9. The topological polar surface area (TPSA) is 98.5 Å². The van der Waals surface area contributed by atoms with E-state index in [0.717, 1.165) is 12.8 Å². The first-order valence-electron chi connectivity index (χ1n) is 6.42. The molecule has 0 saturated carbocycles. The number of benzene rings is 1. The average Bonchev–Trinajstić information content (AvgIpc) is 2.83. The number of hydrogen-bond donors (Lipinski definition) is 2. The van der Waals surface area contributed by atoms with E-state index in [4.69, 9.17) is 9.88 Å². The van der Waals surface area contributed by atoms with Crippen LogP contribution in [0.25, 0.3) is 0 Å². The first kappa shape index (κ1) is 15.0. The molecule has 110 valence electrons. The number of rotatable bonds is 4. The molecular formula is C13H18N2O4S. The summed E-state index contributed by atoms with van der Waals surface area (Å²) in [4.78, 5) is 11.9. The minimum atomic E-state index is -3.79. The predicted octanol–water partition coefficient (Wildman–Crippen LogP) is 1.15. The van der Waals surface area contributed by atoms with Gasteiger partial charge in [0.15, 0.2) is 0 Å². The summed E-state index contributed by atoms with van der Waals surface area (Å²) in [5.74, 6) is -0.188. The standard InChI is InChI=1S/C13H18N2O4S/c1-9-11(5-2-6-12(9)20(14,17)18)15-13(16)8-10-4-3-7-19-10/h2,5-6,10H,3-4,7-8H2,1H3,(H,15,16)(H2,14,17,18). The van der Waals surface area contributed by atoms with Gasteiger partial charge in [-0.25, -0.2) is 13.6 Å². The third-order valence-corrected chi connectivity index (χ3v) is 4.36. The second-order valence-corrected chi connectivity index (χ2v) is 6.39. The van der Waals surface area contributed by atoms with Crippen molar-refractivity contribution in [2.24, 2.45) is 5.14 Å². The molecule has 1 aliphatic heterocycles. The molecule has 6 nitrogen and oxygen atoms in total. The van der Waals surface area contributed by atoms with Gasteiger partial charge in [-0.1, -0.05) is 6.07 Å². The fraction of sp³-hybridized carbons (Fsp3) is 0.462. The van der Waals surface area contributed by atoms with Crippen LogP contribution in [0.3, 0.4) is 0 Å². The van der Waals surface area contributed by atoms with Gasteiger partial charge in [0.25, 0.3) is 0 Å². The largest absolute Gasteiger partial charge is 0.378 e. The number of nitrogens with one attached hydrogen (secondary N) is 1. The van der Waals surface area contributed by atoms with Crippen molar-refractivity contribution in [2.75, 3.05) is 11.9 Å². The van der Waals surface area contributed by atoms with Gasteiger partial charge in [-0.3, -0.25) is 4.79 Å². The van der Waals surface area contributed by atoms with Gasteiger partial charge in [-0.15, -0.1) is 0 Å². The Bertz CT molecular complexity index is 607. The van der Waals surface area contributed by atoms with Crippen LogP contribution in [-0.4, -0.2) is 27.0 Å². The van der Waals surface area contributed by atoms with Crippen molar-refractivity contribution in [1.29, 1.82) is 0 Å². The summed E-state index contributed by atoms with van der Waals surface area (Å²) in [6.07, 6.45) is 2.08. The number of sulfonamides is 1. The molecule has 3 N–H and O–H groups in total. The molecule has 7 heteroatoms. The molecule has 1 aliphatic rings. The highest BCUT2D eigenvalue weighted by Gasteiger charge is 2.20. The fourth-order valence-electron chi connectivity index (χ4n) is 2.27. The molecular weight excluding hydrogens is 280 g/mol. The van der Waals surface area contributed by atoms with Crippen LogP contribution in [0, 0.1) is 6.92 Å². The Morgan fingerprint density at radius 2 is 2.25 bits per heavy atom. The zero-order valence-electron chi connectivity index (χ0n) is 11.3. The quantitative estimate of drug-likeness (QED) is 0.871. The normalized spacial score (nSPS) is 19.0. The molecule has 1 aromatic carbocycles. The maximum atomic E-state index is 11.9. The third kappa shape index (κ3) is 3.56. The van der Waals surface area contributed by atoms with Crippen molar-refractivity contribution in [3.63, 3.8) is 0 Å². The highest BCUT2D eigenvalue weighted by Crippen LogP contribution is 2.23. The summed E-state index contributed by atoms with van der Waals surface area (Å²) in [5.41, 5.74) is 0.898. The summed E-state index contributed by atoms with van der Waals surface area (Å²) in [6.45, 7) is 2.30. The first-order chi connectivity index (χ1) is 9.38. The second-order valence-electron chi connectivity index (χ2n) is 4.86. The SMILES string of the molecule is Cc1c(NC(=O)CC2CCCO2)cccc1S(N)(=O)=O. The van der Waals surface area contributed by atoms with Crippen LogP contribution in [-0.2, 0) is 19.6 Å². The Hall–Kier alpha value is -1.44. The Labute approximate surface area is 118 Å². The average molecular weight is 298 g/mol. The molecule has 0 aromatic heterocycles. The molecule has 0 aliphatic carbocycles. The lowest BCUT2D eigenvalue weighted by Crippen LogP contribution is -2.20. The minimum Gasteiger partial charge on any atom is -0.378 e. The van der Waals surface area contributed by atoms with Crippen LogP contribution in [0.1, 0.15) is 24.8 Å². The monoisotopic (exact) mass is 298 g/mol. The smallest absolute Gasteiger partial charge is 0.238 e. The molecule has 1 saturated heterocycles. The lowest BCUT2D eigenvalue weighted by Gasteiger charge is -2.13. The van der Waals surface area contributed by atoms with Crippen LogP contribution in [0.5, 0.6) is 0 Å². The van der Waals surface area contributed by atoms with Crippen LogP contribution in [0.15, 0.2) is 23.1 Å². The van der Waals surface area contributed by atoms with Crippen molar-refractivity contribution < 1.29 is 17.9 Å². The molecule has 0 radical (unpaired) electrons. The van der Waals surface area contributed by atoms with E-state index in [1.165, 1.54) is 6.07 Å². The third-order valence-electron chi connectivity index (χ3n) is 3.30. The Morgan fingerprint density at radius 3 is 2.85 bits per heavy atom. The zero-order valence-corrected chi connectivity index (χ0v) is 12.1. The van der Waals surface area contributed by atoms with Crippen molar-refractivity contribution in [2.45, 2.75) is 37.2 Å². The van der Waals surface area contributed by atoms with E-state index in [-0.39, 0.29) is 23.3 Å². The van der Waals surface area contributed by atoms with Crippen LogP contribution >= 0.6 is 0 Å². The number of amides is 1. The predicted molar refractivity (Wildman–Crippen MR) is 74.8 cm³/mol. The number of nitrogens with two attached hydrogens (primary N) is 1. The number of hydrogen-bond acceptors (Lipinski definition) is 4. The summed E-state index contributed by atoms with van der Waals surface area (Å²) < 4.78 is 28.2. The number of ether oxygens (including phenoxy) is 1. The Kier molecular flexibility index (Phi) is 4.42. The van der Waals surface area contributed by atoms with E-state index in [2.05, 4.69) is 5.32 Å². The number of primary sulfonamides is 1. The first-order valence-corrected chi connectivity index (χ1v) is 7.96. The molecule has 2 rings (SSSR count). The Morgan fingerprint density at radius 1 is 1.50 bits per heavy atom. The number of anilines is 1. The van der Waals surface area contributed by atoms with Crippen LogP contribution in [0.2, 0.25) is 0 Å². The summed E-state index contributed by atoms with van der Waals surface area (Å²) in [7, 11) is -3.79. The molecule has 1 fully saturated rings.